The van der Waals surface area contributed by atoms with Crippen molar-refractivity contribution in [2.45, 2.75) is 44.6 Å². The molecule has 1 aliphatic heterocycles. The number of nitrogens with one attached hydrogen (secondary N) is 1. The Bertz CT molecular complexity index is 634. The van der Waals surface area contributed by atoms with Crippen molar-refractivity contribution < 1.29 is 32.6 Å². The quantitative estimate of drug-likeness (QED) is 0.801. The van der Waals surface area contributed by atoms with Gasteiger partial charge in [0, 0.05) is 0 Å². The summed E-state index contributed by atoms with van der Waals surface area (Å²) in [6.07, 6.45) is -2.58. The number of benzene rings is 1. The van der Waals surface area contributed by atoms with E-state index in [1.807, 2.05) is 0 Å². The van der Waals surface area contributed by atoms with Crippen LogP contribution in [0.2, 0.25) is 0 Å². The van der Waals surface area contributed by atoms with Gasteiger partial charge >= 0.3 is 12.3 Å². The minimum absolute atomic E-state index is 0.0312. The highest BCUT2D eigenvalue weighted by molar-refractivity contribution is 5.80. The summed E-state index contributed by atoms with van der Waals surface area (Å²) in [7, 11) is 0. The van der Waals surface area contributed by atoms with Gasteiger partial charge in [0.1, 0.15) is 11.8 Å². The van der Waals surface area contributed by atoms with Crippen molar-refractivity contribution in [1.29, 1.82) is 0 Å². The number of carboxylic acids is 1. The van der Waals surface area contributed by atoms with Crippen molar-refractivity contribution in [3.8, 4) is 5.75 Å². The maximum absolute atomic E-state index is 12.2. The first-order valence-corrected chi connectivity index (χ1v) is 8.27. The molecule has 0 aliphatic carbocycles. The maximum atomic E-state index is 12.2. The summed E-state index contributed by atoms with van der Waals surface area (Å²) in [6.45, 7) is 2.21. The van der Waals surface area contributed by atoms with Crippen molar-refractivity contribution >= 4 is 11.9 Å². The van der Waals surface area contributed by atoms with Gasteiger partial charge in [-0.25, -0.2) is 0 Å². The Morgan fingerprint density at radius 1 is 1.31 bits per heavy atom. The summed E-state index contributed by atoms with van der Waals surface area (Å²) >= 11 is 0. The monoisotopic (exact) mass is 374 g/mol. The van der Waals surface area contributed by atoms with Crippen LogP contribution in [0.25, 0.3) is 0 Å². The van der Waals surface area contributed by atoms with E-state index in [1.54, 1.807) is 11.8 Å². The third kappa shape index (κ3) is 5.91. The van der Waals surface area contributed by atoms with E-state index in [4.69, 9.17) is 0 Å². The van der Waals surface area contributed by atoms with E-state index >= 15 is 0 Å². The van der Waals surface area contributed by atoms with Crippen molar-refractivity contribution in [1.82, 2.24) is 10.2 Å². The zero-order valence-corrected chi connectivity index (χ0v) is 14.3. The predicted molar refractivity (Wildman–Crippen MR) is 86.5 cm³/mol. The Morgan fingerprint density at radius 2 is 1.96 bits per heavy atom. The van der Waals surface area contributed by atoms with Gasteiger partial charge in [-0.2, -0.15) is 0 Å². The number of carbonyl (C=O) groups is 2. The van der Waals surface area contributed by atoms with E-state index in [1.165, 1.54) is 24.3 Å². The molecule has 2 atom stereocenters. The SMILES string of the molecule is CC(NC(=O)CN1CCCCC1C(=O)O)c1ccc(OC(F)(F)F)cc1. The van der Waals surface area contributed by atoms with Crippen LogP contribution in [0.1, 0.15) is 37.8 Å². The molecule has 0 spiro atoms. The topological polar surface area (TPSA) is 78.9 Å². The molecule has 2 N–H and O–H groups in total. The standard InChI is InChI=1S/C17H21F3N2O4/c1-11(12-5-7-13(8-6-12)26-17(18,19)20)21-15(23)10-22-9-3-2-4-14(22)16(24)25/h5-8,11,14H,2-4,9-10H2,1H3,(H,21,23)(H,24,25). The predicted octanol–water partition coefficient (Wildman–Crippen LogP) is 2.70. The number of aliphatic carboxylic acids is 1. The first kappa shape index (κ1) is 20.0. The lowest BCUT2D eigenvalue weighted by atomic mass is 10.0. The third-order valence-electron chi connectivity index (χ3n) is 4.24. The van der Waals surface area contributed by atoms with E-state index in [9.17, 15) is 27.9 Å². The van der Waals surface area contributed by atoms with Crippen LogP contribution in [0.5, 0.6) is 5.75 Å². The molecule has 1 saturated heterocycles. The Kier molecular flexibility index (Phi) is 6.47. The Balaban J connectivity index is 1.91. The number of hydrogen-bond acceptors (Lipinski definition) is 4. The van der Waals surface area contributed by atoms with Crippen molar-refractivity contribution in [3.63, 3.8) is 0 Å². The lowest BCUT2D eigenvalue weighted by Crippen LogP contribution is -2.49. The summed E-state index contributed by atoms with van der Waals surface area (Å²) in [4.78, 5) is 25.1. The number of nitrogens with zero attached hydrogens (tertiary/aromatic N) is 1. The number of rotatable bonds is 6. The number of carboxylic acid groups (broad SMARTS) is 1. The first-order valence-electron chi connectivity index (χ1n) is 8.27. The van der Waals surface area contributed by atoms with Crippen molar-refractivity contribution in [3.05, 3.63) is 29.8 Å². The second kappa shape index (κ2) is 8.39. The van der Waals surface area contributed by atoms with Crippen LogP contribution in [0, 0.1) is 0 Å². The average molecular weight is 374 g/mol. The molecule has 0 saturated carbocycles. The average Bonchev–Trinajstić information content (AvgIpc) is 2.54. The van der Waals surface area contributed by atoms with Gasteiger partial charge in [0.15, 0.2) is 0 Å². The highest BCUT2D eigenvalue weighted by Gasteiger charge is 2.31. The van der Waals surface area contributed by atoms with E-state index in [2.05, 4.69) is 10.1 Å². The molecule has 26 heavy (non-hydrogen) atoms. The summed E-state index contributed by atoms with van der Waals surface area (Å²) in [6, 6.07) is 4.13. The number of ether oxygens (including phenoxy) is 1. The zero-order chi connectivity index (χ0) is 19.3. The Labute approximate surface area is 148 Å². The van der Waals surface area contributed by atoms with E-state index in [0.29, 0.717) is 18.5 Å². The second-order valence-corrected chi connectivity index (χ2v) is 6.23. The molecular weight excluding hydrogens is 353 g/mol. The van der Waals surface area contributed by atoms with Crippen LogP contribution in [-0.4, -0.2) is 47.4 Å². The molecule has 1 heterocycles. The van der Waals surface area contributed by atoms with E-state index < -0.39 is 24.4 Å². The molecule has 1 aromatic carbocycles. The molecule has 9 heteroatoms. The largest absolute Gasteiger partial charge is 0.573 e. The molecule has 0 aromatic heterocycles. The molecule has 2 unspecified atom stereocenters. The number of alkyl halides is 3. The van der Waals surface area contributed by atoms with Gasteiger partial charge in [0.25, 0.3) is 0 Å². The minimum atomic E-state index is -4.75. The fourth-order valence-corrected chi connectivity index (χ4v) is 2.97. The molecule has 0 radical (unpaired) electrons. The summed E-state index contributed by atoms with van der Waals surface area (Å²) in [5.74, 6) is -1.61. The Morgan fingerprint density at radius 3 is 2.54 bits per heavy atom. The fraction of sp³-hybridized carbons (Fsp3) is 0.529. The normalized spacial score (nSPS) is 19.6. The molecule has 1 aliphatic rings. The molecule has 1 fully saturated rings. The second-order valence-electron chi connectivity index (χ2n) is 6.23. The molecule has 0 bridgehead atoms. The highest BCUT2D eigenvalue weighted by Crippen LogP contribution is 2.24. The van der Waals surface area contributed by atoms with Gasteiger partial charge in [0.05, 0.1) is 12.6 Å². The third-order valence-corrected chi connectivity index (χ3v) is 4.24. The van der Waals surface area contributed by atoms with Crippen LogP contribution >= 0.6 is 0 Å². The summed E-state index contributed by atoms with van der Waals surface area (Å²) in [5.41, 5.74) is 0.612. The first-order chi connectivity index (χ1) is 12.2. The number of hydrogen-bond donors (Lipinski definition) is 2. The van der Waals surface area contributed by atoms with Gasteiger partial charge in [-0.15, -0.1) is 13.2 Å². The number of piperidine rings is 1. The lowest BCUT2D eigenvalue weighted by Gasteiger charge is -2.32. The number of halogens is 3. The molecule has 6 nitrogen and oxygen atoms in total. The van der Waals surface area contributed by atoms with Crippen LogP contribution in [0.15, 0.2) is 24.3 Å². The van der Waals surface area contributed by atoms with Crippen molar-refractivity contribution in [2.24, 2.45) is 0 Å². The smallest absolute Gasteiger partial charge is 0.480 e. The Hall–Kier alpha value is -2.29. The summed E-state index contributed by atoms with van der Waals surface area (Å²) in [5, 5.41) is 12.0. The fourth-order valence-electron chi connectivity index (χ4n) is 2.97. The van der Waals surface area contributed by atoms with Crippen LogP contribution in [0.4, 0.5) is 13.2 Å². The molecule has 2 rings (SSSR count). The van der Waals surface area contributed by atoms with Crippen LogP contribution in [-0.2, 0) is 9.59 Å². The van der Waals surface area contributed by atoms with Gasteiger partial charge in [-0.3, -0.25) is 14.5 Å². The molecular formula is C17H21F3N2O4. The van der Waals surface area contributed by atoms with Crippen LogP contribution in [0.3, 0.4) is 0 Å². The number of amides is 1. The molecule has 1 amide bonds. The molecule has 144 valence electrons. The van der Waals surface area contributed by atoms with Crippen molar-refractivity contribution in [2.75, 3.05) is 13.1 Å². The number of likely N-dealkylation sites (tertiary alicyclic amines) is 1. The highest BCUT2D eigenvalue weighted by atomic mass is 19.4. The van der Waals surface area contributed by atoms with Gasteiger partial charge in [0.2, 0.25) is 5.91 Å². The molecule has 1 aromatic rings. The van der Waals surface area contributed by atoms with Gasteiger partial charge in [-0.05, 0) is 44.0 Å². The number of carbonyl (C=O) groups excluding carboxylic acids is 1. The van der Waals surface area contributed by atoms with E-state index in [0.717, 1.165) is 12.8 Å². The minimum Gasteiger partial charge on any atom is -0.480 e. The lowest BCUT2D eigenvalue weighted by molar-refractivity contribution is -0.274. The maximum Gasteiger partial charge on any atom is 0.573 e. The zero-order valence-electron chi connectivity index (χ0n) is 14.3. The van der Waals surface area contributed by atoms with Crippen LogP contribution < -0.4 is 10.1 Å². The summed E-state index contributed by atoms with van der Waals surface area (Å²) < 4.78 is 40.3. The van der Waals surface area contributed by atoms with Gasteiger partial charge < -0.3 is 15.2 Å². The van der Waals surface area contributed by atoms with Gasteiger partial charge in [-0.1, -0.05) is 18.6 Å². The van der Waals surface area contributed by atoms with E-state index in [-0.39, 0.29) is 18.2 Å².